The van der Waals surface area contributed by atoms with Gasteiger partial charge in [0.1, 0.15) is 0 Å². The molecule has 29 heavy (non-hydrogen) atoms. The first-order valence-corrected chi connectivity index (χ1v) is 13.5. The van der Waals surface area contributed by atoms with Gasteiger partial charge in [0.15, 0.2) is 0 Å². The zero-order valence-electron chi connectivity index (χ0n) is 16.4. The van der Waals surface area contributed by atoms with Gasteiger partial charge in [0.25, 0.3) is 0 Å². The molecule has 0 aliphatic carbocycles. The summed E-state index contributed by atoms with van der Waals surface area (Å²) in [5.74, 6) is -3.31. The number of thiol groups is 1. The summed E-state index contributed by atoms with van der Waals surface area (Å²) in [7, 11) is 0. The van der Waals surface area contributed by atoms with Crippen LogP contribution in [0.1, 0.15) is 11.1 Å². The van der Waals surface area contributed by atoms with Crippen LogP contribution in [-0.2, 0) is 6.16 Å². The van der Waals surface area contributed by atoms with Crippen molar-refractivity contribution in [2.24, 2.45) is 0 Å². The maximum atomic E-state index is 8.12. The van der Waals surface area contributed by atoms with E-state index in [1.54, 1.807) is 0 Å². The number of halogens is 1. The average molecular weight is 435 g/mol. The first kappa shape index (κ1) is 20.2. The molecule has 0 saturated heterocycles. The molecule has 0 heterocycles. The van der Waals surface area contributed by atoms with Gasteiger partial charge in [-0.3, -0.25) is 0 Å². The van der Waals surface area contributed by atoms with Crippen LogP contribution in [-0.4, -0.2) is 0 Å². The van der Waals surface area contributed by atoms with E-state index in [9.17, 15) is 0 Å². The molecule has 4 aromatic rings. The second-order valence-electron chi connectivity index (χ2n) is 7.48. The molecule has 0 radical (unpaired) electrons. The Morgan fingerprint density at radius 3 is 1.45 bits per heavy atom. The van der Waals surface area contributed by atoms with Crippen LogP contribution in [0.2, 0.25) is 0 Å². The molecule has 0 aliphatic heterocycles. The van der Waals surface area contributed by atoms with Gasteiger partial charge < -0.3 is 0 Å². The van der Waals surface area contributed by atoms with Crippen molar-refractivity contribution in [3.05, 3.63) is 120 Å². The molecule has 0 atom stereocenters. The molecule has 4 aromatic carbocycles. The fourth-order valence-electron chi connectivity index (χ4n) is 4.07. The predicted octanol–water partition coefficient (Wildman–Crippen LogP) is 6.47. The van der Waals surface area contributed by atoms with Crippen LogP contribution in [0.5, 0.6) is 0 Å². The van der Waals surface area contributed by atoms with Gasteiger partial charge >= 0.3 is 184 Å². The first-order chi connectivity index (χ1) is 14.0. The van der Waals surface area contributed by atoms with Crippen LogP contribution < -0.4 is 15.9 Å². The summed E-state index contributed by atoms with van der Waals surface area (Å²) < 4.78 is 0. The molecule has 4 rings (SSSR count). The summed E-state index contributed by atoms with van der Waals surface area (Å²) in [5.41, 5.74) is 2.37. The van der Waals surface area contributed by atoms with Crippen LogP contribution in [0.25, 0.3) is 0 Å². The Bertz CT molecular complexity index is 1010. The molecule has 0 fully saturated rings. The van der Waals surface area contributed by atoms with Crippen molar-refractivity contribution in [2.75, 3.05) is 0 Å². The molecule has 3 heteroatoms. The molecule has 0 aliphatic rings. The second-order valence-corrected chi connectivity index (χ2v) is 14.4. The van der Waals surface area contributed by atoms with Crippen molar-refractivity contribution in [3.63, 3.8) is 0 Å². The quantitative estimate of drug-likeness (QED) is 0.270. The first-order valence-electron chi connectivity index (χ1n) is 9.70. The summed E-state index contributed by atoms with van der Waals surface area (Å²) in [6, 6.07) is 38.2. The van der Waals surface area contributed by atoms with Gasteiger partial charge in [-0.05, 0) is 0 Å². The second kappa shape index (κ2) is 8.00. The monoisotopic (exact) mass is 434 g/mol. The Kier molecular flexibility index (Phi) is 5.58. The van der Waals surface area contributed by atoms with E-state index in [1.807, 2.05) is 18.2 Å². The van der Waals surface area contributed by atoms with Crippen molar-refractivity contribution >= 4 is 45.7 Å². The van der Waals surface area contributed by atoms with Gasteiger partial charge in [-0.2, -0.15) is 0 Å². The summed E-state index contributed by atoms with van der Waals surface area (Å²) in [5, 5.41) is 3.52. The van der Waals surface area contributed by atoms with E-state index >= 15 is 0 Å². The molecular formula is C26H24ClPS. The minimum absolute atomic E-state index is 0.713. The van der Waals surface area contributed by atoms with Crippen LogP contribution in [0.3, 0.4) is 0 Å². The van der Waals surface area contributed by atoms with Crippen LogP contribution in [0.4, 0.5) is 0 Å². The van der Waals surface area contributed by atoms with E-state index in [1.165, 1.54) is 27.0 Å². The Labute approximate surface area is 183 Å². The number of aryl methyl sites for hydroxylation is 1. The Balaban J connectivity index is 2.09. The van der Waals surface area contributed by atoms with Gasteiger partial charge in [-0.25, -0.2) is 0 Å². The molecular weight excluding hydrogens is 411 g/mol. The molecule has 146 valence electrons. The third kappa shape index (κ3) is 3.53. The minimum atomic E-state index is -3.31. The molecule has 0 unspecified atom stereocenters. The van der Waals surface area contributed by atoms with Gasteiger partial charge in [0.05, 0.1) is 0 Å². The molecule has 0 aromatic heterocycles. The van der Waals surface area contributed by atoms with Crippen LogP contribution in [0, 0.1) is 6.92 Å². The van der Waals surface area contributed by atoms with E-state index in [-0.39, 0.29) is 0 Å². The molecule has 0 spiro atoms. The van der Waals surface area contributed by atoms with Crippen LogP contribution >= 0.6 is 29.8 Å². The summed E-state index contributed by atoms with van der Waals surface area (Å²) in [4.78, 5) is 0.988. The topological polar surface area (TPSA) is 0 Å². The Hall–Kier alpha value is -2.05. The summed E-state index contributed by atoms with van der Waals surface area (Å²) in [6.45, 7) is 2.09. The normalized spacial score (nSPS) is 12.9. The van der Waals surface area contributed by atoms with Gasteiger partial charge in [-0.15, -0.1) is 0 Å². The molecule has 0 nitrogen and oxygen atoms in total. The zero-order valence-corrected chi connectivity index (χ0v) is 18.9. The third-order valence-electron chi connectivity index (χ3n) is 5.59. The van der Waals surface area contributed by atoms with E-state index < -0.39 is 5.96 Å². The summed E-state index contributed by atoms with van der Waals surface area (Å²) in [6.07, 6.45) is 0.713. The van der Waals surface area contributed by atoms with E-state index in [0.29, 0.717) is 6.16 Å². The van der Waals surface area contributed by atoms with Gasteiger partial charge in [-0.1, -0.05) is 0 Å². The van der Waals surface area contributed by atoms with E-state index in [0.717, 1.165) is 4.90 Å². The SMILES string of the molecule is Cc1ccc(CP(Cl)(c2ccccc2)(c2ccccc2)c2ccccc2)c(S)c1. The third-order valence-corrected chi connectivity index (χ3v) is 13.2. The average Bonchev–Trinajstić information content (AvgIpc) is 2.78. The number of benzene rings is 4. The Morgan fingerprint density at radius 1 is 0.655 bits per heavy atom. The summed E-state index contributed by atoms with van der Waals surface area (Å²) >= 11 is 12.9. The predicted molar refractivity (Wildman–Crippen MR) is 133 cm³/mol. The maximum absolute atomic E-state index is 8.12. The van der Waals surface area contributed by atoms with Gasteiger partial charge in [0.2, 0.25) is 0 Å². The zero-order chi connectivity index (χ0) is 20.3. The Morgan fingerprint density at radius 2 is 1.07 bits per heavy atom. The number of hydrogen-bond donors (Lipinski definition) is 1. The van der Waals surface area contributed by atoms with Crippen molar-refractivity contribution in [2.45, 2.75) is 18.0 Å². The number of rotatable bonds is 5. The van der Waals surface area contributed by atoms with E-state index in [2.05, 4.69) is 97.9 Å². The van der Waals surface area contributed by atoms with Crippen molar-refractivity contribution in [3.8, 4) is 0 Å². The molecule has 0 bridgehead atoms. The van der Waals surface area contributed by atoms with Crippen molar-refractivity contribution < 1.29 is 0 Å². The molecule has 0 saturated carbocycles. The van der Waals surface area contributed by atoms with Crippen LogP contribution in [0.15, 0.2) is 114 Å². The van der Waals surface area contributed by atoms with Gasteiger partial charge in [0, 0.05) is 0 Å². The molecule has 0 N–H and O–H groups in total. The van der Waals surface area contributed by atoms with Crippen molar-refractivity contribution in [1.82, 2.24) is 0 Å². The number of hydrogen-bond acceptors (Lipinski definition) is 1. The molecule has 0 amide bonds. The standard InChI is InChI=1S/C26H24ClPS/c1-21-17-18-22(26(29)19-21)20-28(27,23-11-5-2-6-12-23,24-13-7-3-8-14-24)25-15-9-4-10-16-25/h2-19,29H,20H2,1H3. The fraction of sp³-hybridized carbons (Fsp3) is 0.0769. The van der Waals surface area contributed by atoms with Crippen molar-refractivity contribution in [1.29, 1.82) is 0 Å². The fourth-order valence-corrected chi connectivity index (χ4v) is 10.7. The van der Waals surface area contributed by atoms with E-state index in [4.69, 9.17) is 23.9 Å².